The van der Waals surface area contributed by atoms with Crippen LogP contribution in [0.3, 0.4) is 0 Å². The van der Waals surface area contributed by atoms with Crippen molar-refractivity contribution in [1.29, 1.82) is 0 Å². The minimum atomic E-state index is -0.532. The van der Waals surface area contributed by atoms with E-state index in [9.17, 15) is 5.11 Å². The number of aryl methyl sites for hydroxylation is 1. The molecule has 0 aliphatic rings. The summed E-state index contributed by atoms with van der Waals surface area (Å²) in [5.74, 6) is 0.909. The van der Waals surface area contributed by atoms with Crippen LogP contribution in [0.2, 0.25) is 0 Å². The van der Waals surface area contributed by atoms with Crippen molar-refractivity contribution in [3.8, 4) is 0 Å². The Hall–Kier alpha value is -0.870. The quantitative estimate of drug-likeness (QED) is 0.802. The zero-order chi connectivity index (χ0) is 12.2. The van der Waals surface area contributed by atoms with E-state index >= 15 is 0 Å². The number of methoxy groups -OCH3 is 1. The molecule has 2 unspecified atom stereocenters. The fraction of sp³-hybridized carbons (Fsp3) is 0.750. The SMILES string of the molecule is CCn1ccnc1CC(O)C(C)(CC)OC. The van der Waals surface area contributed by atoms with Crippen LogP contribution in [0.15, 0.2) is 12.4 Å². The van der Waals surface area contributed by atoms with Crippen molar-refractivity contribution in [3.63, 3.8) is 0 Å². The van der Waals surface area contributed by atoms with E-state index in [0.29, 0.717) is 6.42 Å². The first-order valence-electron chi connectivity index (χ1n) is 5.80. The van der Waals surface area contributed by atoms with Crippen molar-refractivity contribution in [2.75, 3.05) is 7.11 Å². The molecule has 0 fully saturated rings. The molecule has 16 heavy (non-hydrogen) atoms. The van der Waals surface area contributed by atoms with Gasteiger partial charge in [0.15, 0.2) is 0 Å². The van der Waals surface area contributed by atoms with Gasteiger partial charge in [-0.1, -0.05) is 6.92 Å². The van der Waals surface area contributed by atoms with Crippen LogP contribution in [0.25, 0.3) is 0 Å². The summed E-state index contributed by atoms with van der Waals surface area (Å²) >= 11 is 0. The van der Waals surface area contributed by atoms with Crippen LogP contribution in [-0.2, 0) is 17.7 Å². The van der Waals surface area contributed by atoms with E-state index in [2.05, 4.69) is 11.9 Å². The van der Waals surface area contributed by atoms with Gasteiger partial charge in [-0.05, 0) is 20.3 Å². The van der Waals surface area contributed by atoms with Crippen LogP contribution >= 0.6 is 0 Å². The molecule has 0 saturated heterocycles. The van der Waals surface area contributed by atoms with Gasteiger partial charge in [0.25, 0.3) is 0 Å². The van der Waals surface area contributed by atoms with E-state index in [1.54, 1.807) is 13.3 Å². The van der Waals surface area contributed by atoms with Crippen LogP contribution in [0, 0.1) is 0 Å². The number of nitrogens with zero attached hydrogens (tertiary/aromatic N) is 2. The summed E-state index contributed by atoms with van der Waals surface area (Å²) in [7, 11) is 1.64. The number of aliphatic hydroxyl groups excluding tert-OH is 1. The van der Waals surface area contributed by atoms with Gasteiger partial charge < -0.3 is 14.4 Å². The number of aromatic nitrogens is 2. The first-order chi connectivity index (χ1) is 7.57. The summed E-state index contributed by atoms with van der Waals surface area (Å²) in [5.41, 5.74) is -0.496. The zero-order valence-corrected chi connectivity index (χ0v) is 10.6. The summed E-state index contributed by atoms with van der Waals surface area (Å²) in [6.07, 6.45) is 4.46. The summed E-state index contributed by atoms with van der Waals surface area (Å²) in [4.78, 5) is 4.26. The van der Waals surface area contributed by atoms with E-state index in [4.69, 9.17) is 4.74 Å². The lowest BCUT2D eigenvalue weighted by Gasteiger charge is -2.32. The molecule has 1 heterocycles. The number of hydrogen-bond acceptors (Lipinski definition) is 3. The lowest BCUT2D eigenvalue weighted by Crippen LogP contribution is -2.42. The second-order valence-corrected chi connectivity index (χ2v) is 4.22. The number of hydrogen-bond donors (Lipinski definition) is 1. The lowest BCUT2D eigenvalue weighted by molar-refractivity contribution is -0.0922. The van der Waals surface area contributed by atoms with Crippen LogP contribution in [0.5, 0.6) is 0 Å². The first kappa shape index (κ1) is 13.2. The molecule has 0 bridgehead atoms. The van der Waals surface area contributed by atoms with Gasteiger partial charge in [-0.3, -0.25) is 0 Å². The molecule has 0 radical (unpaired) electrons. The zero-order valence-electron chi connectivity index (χ0n) is 10.6. The third kappa shape index (κ3) is 2.62. The van der Waals surface area contributed by atoms with Gasteiger partial charge >= 0.3 is 0 Å². The molecule has 1 N–H and O–H groups in total. The number of aliphatic hydroxyl groups is 1. The van der Waals surface area contributed by atoms with Gasteiger partial charge in [0.05, 0.1) is 11.7 Å². The van der Waals surface area contributed by atoms with Crippen LogP contribution < -0.4 is 0 Å². The smallest absolute Gasteiger partial charge is 0.111 e. The maximum absolute atomic E-state index is 10.2. The third-order valence-corrected chi connectivity index (χ3v) is 3.39. The summed E-state index contributed by atoms with van der Waals surface area (Å²) in [6, 6.07) is 0. The van der Waals surface area contributed by atoms with Crippen molar-refractivity contribution < 1.29 is 9.84 Å². The molecule has 1 aromatic heterocycles. The van der Waals surface area contributed by atoms with Crippen LogP contribution in [0.4, 0.5) is 0 Å². The number of rotatable bonds is 6. The predicted octanol–water partition coefficient (Wildman–Crippen LogP) is 1.62. The van der Waals surface area contributed by atoms with Crippen molar-refractivity contribution in [3.05, 3.63) is 18.2 Å². The van der Waals surface area contributed by atoms with Crippen molar-refractivity contribution in [2.24, 2.45) is 0 Å². The molecule has 0 saturated carbocycles. The van der Waals surface area contributed by atoms with Crippen LogP contribution in [0.1, 0.15) is 33.0 Å². The topological polar surface area (TPSA) is 47.3 Å². The van der Waals surface area contributed by atoms with Gasteiger partial charge in [0.2, 0.25) is 0 Å². The second-order valence-electron chi connectivity index (χ2n) is 4.22. The maximum Gasteiger partial charge on any atom is 0.111 e. The Balaban J connectivity index is 2.74. The van der Waals surface area contributed by atoms with E-state index in [-0.39, 0.29) is 0 Å². The van der Waals surface area contributed by atoms with E-state index in [0.717, 1.165) is 18.8 Å². The molecular formula is C12H22N2O2. The van der Waals surface area contributed by atoms with E-state index in [1.165, 1.54) is 0 Å². The first-order valence-corrected chi connectivity index (χ1v) is 5.80. The van der Waals surface area contributed by atoms with Crippen LogP contribution in [-0.4, -0.2) is 33.5 Å². The van der Waals surface area contributed by atoms with Crippen molar-refractivity contribution in [2.45, 2.75) is 51.9 Å². The normalized spacial score (nSPS) is 17.1. The molecule has 0 aromatic carbocycles. The van der Waals surface area contributed by atoms with Gasteiger partial charge in [-0.2, -0.15) is 0 Å². The van der Waals surface area contributed by atoms with Crippen molar-refractivity contribution >= 4 is 0 Å². The Labute approximate surface area is 97.3 Å². The Morgan fingerprint density at radius 1 is 1.56 bits per heavy atom. The van der Waals surface area contributed by atoms with Crippen molar-refractivity contribution in [1.82, 2.24) is 9.55 Å². The maximum atomic E-state index is 10.2. The Kier molecular flexibility index (Phi) is 4.50. The van der Waals surface area contributed by atoms with E-state index in [1.807, 2.05) is 24.6 Å². The predicted molar refractivity (Wildman–Crippen MR) is 63.3 cm³/mol. The Morgan fingerprint density at radius 2 is 2.25 bits per heavy atom. The molecule has 92 valence electrons. The Bertz CT molecular complexity index is 319. The van der Waals surface area contributed by atoms with E-state index < -0.39 is 11.7 Å². The molecular weight excluding hydrogens is 204 g/mol. The molecule has 0 aliphatic heterocycles. The molecule has 4 nitrogen and oxygen atoms in total. The third-order valence-electron chi connectivity index (χ3n) is 3.39. The average Bonchev–Trinajstić information content (AvgIpc) is 2.75. The molecule has 2 atom stereocenters. The minimum Gasteiger partial charge on any atom is -0.390 e. The van der Waals surface area contributed by atoms with Gasteiger partial charge in [-0.25, -0.2) is 4.98 Å². The standard InChI is InChI=1S/C12H22N2O2/c1-5-12(3,16-4)10(15)9-11-13-7-8-14(11)6-2/h7-8,10,15H,5-6,9H2,1-4H3. The summed E-state index contributed by atoms with van der Waals surface area (Å²) in [6.45, 7) is 6.88. The summed E-state index contributed by atoms with van der Waals surface area (Å²) in [5, 5.41) is 10.2. The van der Waals surface area contributed by atoms with Gasteiger partial charge in [-0.15, -0.1) is 0 Å². The monoisotopic (exact) mass is 226 g/mol. The molecule has 0 amide bonds. The fourth-order valence-corrected chi connectivity index (χ4v) is 1.72. The largest absolute Gasteiger partial charge is 0.390 e. The highest BCUT2D eigenvalue weighted by Crippen LogP contribution is 2.21. The Morgan fingerprint density at radius 3 is 2.75 bits per heavy atom. The summed E-state index contributed by atoms with van der Waals surface area (Å²) < 4.78 is 7.42. The van der Waals surface area contributed by atoms with Gasteiger partial charge in [0.1, 0.15) is 5.82 Å². The molecule has 0 spiro atoms. The molecule has 1 rings (SSSR count). The highest BCUT2D eigenvalue weighted by atomic mass is 16.5. The minimum absolute atomic E-state index is 0.496. The highest BCUT2D eigenvalue weighted by Gasteiger charge is 2.31. The number of imidazole rings is 1. The lowest BCUT2D eigenvalue weighted by atomic mass is 9.93. The molecule has 0 aliphatic carbocycles. The molecule has 4 heteroatoms. The highest BCUT2D eigenvalue weighted by molar-refractivity contribution is 4.98. The average molecular weight is 226 g/mol. The second kappa shape index (κ2) is 5.46. The van der Waals surface area contributed by atoms with Gasteiger partial charge in [0, 0.05) is 32.5 Å². The number of ether oxygens (including phenoxy) is 1. The molecule has 1 aromatic rings. The fourth-order valence-electron chi connectivity index (χ4n) is 1.72.